The van der Waals surface area contributed by atoms with Crippen molar-refractivity contribution < 1.29 is 0 Å². The fourth-order valence-corrected chi connectivity index (χ4v) is 11.0. The van der Waals surface area contributed by atoms with Crippen LogP contribution in [0, 0.1) is 0 Å². The number of benzene rings is 10. The van der Waals surface area contributed by atoms with Crippen LogP contribution in [0.25, 0.3) is 126 Å². The predicted molar refractivity (Wildman–Crippen MR) is 285 cm³/mol. The van der Waals surface area contributed by atoms with E-state index in [9.17, 15) is 0 Å². The summed E-state index contributed by atoms with van der Waals surface area (Å²) in [6.07, 6.45) is 0. The van der Waals surface area contributed by atoms with Crippen molar-refractivity contribution in [2.45, 2.75) is 0 Å². The monoisotopic (exact) mass is 884 g/mol. The van der Waals surface area contributed by atoms with Crippen LogP contribution in [0.4, 0.5) is 0 Å². The summed E-state index contributed by atoms with van der Waals surface area (Å²) in [6, 6.07) is 86.7. The quantitative estimate of drug-likeness (QED) is 0.153. The van der Waals surface area contributed by atoms with Gasteiger partial charge in [-0.3, -0.25) is 0 Å². The van der Waals surface area contributed by atoms with Crippen LogP contribution in [0.1, 0.15) is 0 Å². The van der Waals surface area contributed by atoms with Crippen molar-refractivity contribution in [1.29, 1.82) is 0 Å². The molecule has 0 spiro atoms. The number of thiophene rings is 1. The number of hydrogen-bond acceptors (Lipinski definition) is 4. The van der Waals surface area contributed by atoms with Crippen LogP contribution in [-0.2, 0) is 0 Å². The summed E-state index contributed by atoms with van der Waals surface area (Å²) in [7, 11) is 0. The highest BCUT2D eigenvalue weighted by Crippen LogP contribution is 2.45. The Balaban J connectivity index is 1.01. The van der Waals surface area contributed by atoms with E-state index < -0.39 is 0 Å². The van der Waals surface area contributed by atoms with E-state index in [1.807, 2.05) is 72.0 Å². The Kier molecular flexibility index (Phi) is 9.66. The topological polar surface area (TPSA) is 43.6 Å². The van der Waals surface area contributed by atoms with Gasteiger partial charge >= 0.3 is 0 Å². The molecule has 0 saturated heterocycles. The molecule has 3 aromatic heterocycles. The summed E-state index contributed by atoms with van der Waals surface area (Å²) in [6.45, 7) is 0. The van der Waals surface area contributed by atoms with Crippen LogP contribution < -0.4 is 0 Å². The average Bonchev–Trinajstić information content (AvgIpc) is 3.97. The van der Waals surface area contributed by atoms with Crippen LogP contribution in [0.2, 0.25) is 0 Å². The normalized spacial score (nSPS) is 11.5. The van der Waals surface area contributed by atoms with E-state index in [0.29, 0.717) is 17.5 Å². The number of fused-ring (bicyclic) bond motifs is 6. The SMILES string of the molecule is c1ccc(-c2cc(-c3ccccc3)c3c(c2)c2cc(-c4cccc5c4sc4ccccc45)ccc2n3-c2cccc(-c3cccc(-c4nc(-c5ccccc5)nc(-c5ccccc5)n4)c3)c2)cc1. The zero-order valence-corrected chi connectivity index (χ0v) is 37.6. The van der Waals surface area contributed by atoms with Crippen molar-refractivity contribution in [1.82, 2.24) is 19.5 Å². The van der Waals surface area contributed by atoms with E-state index in [4.69, 9.17) is 15.0 Å². The fourth-order valence-electron chi connectivity index (χ4n) is 9.79. The maximum absolute atomic E-state index is 5.06. The first-order chi connectivity index (χ1) is 33.7. The molecule has 3 heterocycles. The van der Waals surface area contributed by atoms with E-state index in [1.54, 1.807) is 0 Å². The molecule has 0 radical (unpaired) electrons. The number of nitrogens with zero attached hydrogens (tertiary/aromatic N) is 4. The zero-order valence-electron chi connectivity index (χ0n) is 36.8. The van der Waals surface area contributed by atoms with Gasteiger partial charge in [0.15, 0.2) is 17.5 Å². The molecule has 4 nitrogen and oxygen atoms in total. The van der Waals surface area contributed by atoms with E-state index in [1.165, 1.54) is 69.8 Å². The number of rotatable bonds is 8. The van der Waals surface area contributed by atoms with E-state index >= 15 is 0 Å². The molecule has 0 atom stereocenters. The van der Waals surface area contributed by atoms with Gasteiger partial charge in [0.2, 0.25) is 0 Å². The average molecular weight is 885 g/mol. The molecular formula is C63H40N4S. The van der Waals surface area contributed by atoms with Gasteiger partial charge in [0, 0.05) is 58.9 Å². The molecule has 0 bridgehead atoms. The molecule has 0 aliphatic heterocycles. The number of aromatic nitrogens is 4. The lowest BCUT2D eigenvalue weighted by atomic mass is 9.94. The van der Waals surface area contributed by atoms with E-state index in [0.717, 1.165) is 39.0 Å². The van der Waals surface area contributed by atoms with Gasteiger partial charge in [-0.1, -0.05) is 194 Å². The Morgan fingerprint density at radius 2 is 0.824 bits per heavy atom. The third-order valence-corrected chi connectivity index (χ3v) is 14.2. The largest absolute Gasteiger partial charge is 0.309 e. The minimum absolute atomic E-state index is 0.627. The molecule has 13 rings (SSSR count). The summed E-state index contributed by atoms with van der Waals surface area (Å²) in [4.78, 5) is 15.1. The number of hydrogen-bond donors (Lipinski definition) is 0. The molecule has 0 unspecified atom stereocenters. The Morgan fingerprint density at radius 3 is 1.53 bits per heavy atom. The summed E-state index contributed by atoms with van der Waals surface area (Å²) in [5.74, 6) is 1.91. The van der Waals surface area contributed by atoms with Crippen LogP contribution in [-0.4, -0.2) is 19.5 Å². The molecule has 10 aromatic carbocycles. The molecule has 0 N–H and O–H groups in total. The van der Waals surface area contributed by atoms with Crippen LogP contribution in [0.15, 0.2) is 243 Å². The third-order valence-electron chi connectivity index (χ3n) is 13.0. The second-order valence-corrected chi connectivity index (χ2v) is 18.2. The smallest absolute Gasteiger partial charge is 0.164 e. The van der Waals surface area contributed by atoms with Gasteiger partial charge in [0.25, 0.3) is 0 Å². The van der Waals surface area contributed by atoms with Crippen LogP contribution in [0.3, 0.4) is 0 Å². The summed E-state index contributed by atoms with van der Waals surface area (Å²) in [5, 5.41) is 5.01. The Hall–Kier alpha value is -8.77. The van der Waals surface area contributed by atoms with Crippen molar-refractivity contribution in [3.8, 4) is 84.4 Å². The van der Waals surface area contributed by atoms with Gasteiger partial charge in [0.05, 0.1) is 11.0 Å². The van der Waals surface area contributed by atoms with Crippen molar-refractivity contribution >= 4 is 53.3 Å². The summed E-state index contributed by atoms with van der Waals surface area (Å²) < 4.78 is 5.09. The minimum Gasteiger partial charge on any atom is -0.309 e. The van der Waals surface area contributed by atoms with Crippen molar-refractivity contribution in [2.75, 3.05) is 0 Å². The van der Waals surface area contributed by atoms with Gasteiger partial charge in [-0.05, 0) is 87.5 Å². The molecule has 0 fully saturated rings. The fraction of sp³-hybridized carbons (Fsp3) is 0. The lowest BCUT2D eigenvalue weighted by molar-refractivity contribution is 1.07. The van der Waals surface area contributed by atoms with Gasteiger partial charge in [-0.15, -0.1) is 11.3 Å². The van der Waals surface area contributed by atoms with Gasteiger partial charge < -0.3 is 4.57 Å². The minimum atomic E-state index is 0.627. The Morgan fingerprint density at radius 1 is 0.294 bits per heavy atom. The highest BCUT2D eigenvalue weighted by Gasteiger charge is 2.21. The molecule has 0 saturated carbocycles. The third kappa shape index (κ3) is 6.96. The lowest BCUT2D eigenvalue weighted by Crippen LogP contribution is -2.00. The first kappa shape index (κ1) is 39.6. The molecule has 5 heteroatoms. The van der Waals surface area contributed by atoms with Crippen LogP contribution >= 0.6 is 11.3 Å². The molecular weight excluding hydrogens is 845 g/mol. The predicted octanol–water partition coefficient (Wildman–Crippen LogP) is 17.0. The first-order valence-corrected chi connectivity index (χ1v) is 23.7. The molecule has 13 aromatic rings. The second kappa shape index (κ2) is 16.6. The Bertz CT molecular complexity index is 3950. The Labute approximate surface area is 397 Å². The molecule has 0 aliphatic carbocycles. The van der Waals surface area contributed by atoms with Gasteiger partial charge in [-0.25, -0.2) is 15.0 Å². The standard InChI is InChI=1S/C63H40N4S/c1-5-18-41(19-6-1)49-39-54(42-20-7-2-8-21-42)59-56(40-49)55-38-47(51-31-17-32-53-52-30-13-14-33-58(52)68-60(51)53)34-35-57(55)67(59)50-29-16-27-46(37-50)45-26-15-28-48(36-45)63-65-61(43-22-9-3-10-23-43)64-62(66-63)44-24-11-4-12-25-44/h1-40H. The van der Waals surface area contributed by atoms with E-state index in [2.05, 4.69) is 187 Å². The van der Waals surface area contributed by atoms with Crippen molar-refractivity contribution in [3.05, 3.63) is 243 Å². The summed E-state index contributed by atoms with van der Waals surface area (Å²) >= 11 is 1.88. The summed E-state index contributed by atoms with van der Waals surface area (Å²) in [5.41, 5.74) is 15.5. The molecule has 68 heavy (non-hydrogen) atoms. The van der Waals surface area contributed by atoms with Crippen LogP contribution in [0.5, 0.6) is 0 Å². The first-order valence-electron chi connectivity index (χ1n) is 22.9. The zero-order chi connectivity index (χ0) is 45.0. The highest BCUT2D eigenvalue weighted by molar-refractivity contribution is 7.26. The lowest BCUT2D eigenvalue weighted by Gasteiger charge is -2.15. The maximum Gasteiger partial charge on any atom is 0.164 e. The van der Waals surface area contributed by atoms with Gasteiger partial charge in [0.1, 0.15) is 0 Å². The highest BCUT2D eigenvalue weighted by atomic mass is 32.1. The maximum atomic E-state index is 5.06. The second-order valence-electron chi connectivity index (χ2n) is 17.2. The molecule has 0 aliphatic rings. The van der Waals surface area contributed by atoms with Crippen molar-refractivity contribution in [2.24, 2.45) is 0 Å². The van der Waals surface area contributed by atoms with Crippen molar-refractivity contribution in [3.63, 3.8) is 0 Å². The molecule has 318 valence electrons. The molecule has 0 amide bonds. The van der Waals surface area contributed by atoms with E-state index in [-0.39, 0.29) is 0 Å². The van der Waals surface area contributed by atoms with Gasteiger partial charge in [-0.2, -0.15) is 0 Å².